The van der Waals surface area contributed by atoms with Crippen LogP contribution in [0.4, 0.5) is 5.69 Å². The highest BCUT2D eigenvalue weighted by Gasteiger charge is 2.17. The average molecular weight is 417 g/mol. The van der Waals surface area contributed by atoms with Gasteiger partial charge in [-0.3, -0.25) is 4.79 Å². The van der Waals surface area contributed by atoms with E-state index in [9.17, 15) is 4.79 Å². The van der Waals surface area contributed by atoms with Crippen molar-refractivity contribution >= 4 is 17.2 Å². The maximum Gasteiger partial charge on any atom is 0.255 e. The molecule has 0 bridgehead atoms. The number of methoxy groups -OCH3 is 3. The number of imidazole rings is 1. The molecule has 4 rings (SSSR count). The summed E-state index contributed by atoms with van der Waals surface area (Å²) < 4.78 is 18.0. The van der Waals surface area contributed by atoms with Crippen molar-refractivity contribution in [2.75, 3.05) is 26.6 Å². The first kappa shape index (κ1) is 20.3. The molecule has 0 aliphatic rings. The quantitative estimate of drug-likeness (QED) is 0.497. The third-order valence-corrected chi connectivity index (χ3v) is 5.04. The molecular formula is C24H23N3O4. The highest BCUT2D eigenvalue weighted by atomic mass is 16.5. The highest BCUT2D eigenvalue weighted by molar-refractivity contribution is 6.05. The second-order valence-corrected chi connectivity index (χ2v) is 6.99. The predicted octanol–water partition coefficient (Wildman–Crippen LogP) is 4.59. The van der Waals surface area contributed by atoms with Gasteiger partial charge in [0.2, 0.25) is 5.75 Å². The van der Waals surface area contributed by atoms with Crippen LogP contribution >= 0.6 is 0 Å². The number of hydrogen-bond donors (Lipinski definition) is 1. The fourth-order valence-corrected chi connectivity index (χ4v) is 3.43. The molecule has 0 fully saturated rings. The molecule has 2 aromatic carbocycles. The Hall–Kier alpha value is -4.00. The van der Waals surface area contributed by atoms with Gasteiger partial charge in [-0.15, -0.1) is 0 Å². The highest BCUT2D eigenvalue weighted by Crippen LogP contribution is 2.38. The number of hydrogen-bond acceptors (Lipinski definition) is 5. The third kappa shape index (κ3) is 3.90. The zero-order valence-electron chi connectivity index (χ0n) is 17.8. The zero-order valence-corrected chi connectivity index (χ0v) is 17.8. The lowest BCUT2D eigenvalue weighted by Gasteiger charge is -2.14. The molecule has 7 nitrogen and oxygen atoms in total. The molecule has 0 aliphatic heterocycles. The number of nitrogens with one attached hydrogen (secondary N) is 1. The van der Waals surface area contributed by atoms with Crippen LogP contribution in [-0.4, -0.2) is 36.6 Å². The topological polar surface area (TPSA) is 74.1 Å². The molecule has 0 spiro atoms. The molecule has 0 saturated heterocycles. The van der Waals surface area contributed by atoms with Crippen LogP contribution < -0.4 is 19.5 Å². The van der Waals surface area contributed by atoms with Crippen LogP contribution in [0.1, 0.15) is 15.9 Å². The van der Waals surface area contributed by atoms with Crippen molar-refractivity contribution in [3.8, 4) is 28.5 Å². The lowest BCUT2D eigenvalue weighted by atomic mass is 10.1. The lowest BCUT2D eigenvalue weighted by Crippen LogP contribution is -2.12. The van der Waals surface area contributed by atoms with E-state index >= 15 is 0 Å². The molecule has 158 valence electrons. The van der Waals surface area contributed by atoms with E-state index in [1.165, 1.54) is 21.3 Å². The summed E-state index contributed by atoms with van der Waals surface area (Å²) in [5.74, 6) is 0.998. The molecule has 31 heavy (non-hydrogen) atoms. The van der Waals surface area contributed by atoms with Crippen molar-refractivity contribution in [1.82, 2.24) is 9.38 Å². The van der Waals surface area contributed by atoms with Crippen molar-refractivity contribution < 1.29 is 19.0 Å². The molecule has 7 heteroatoms. The summed E-state index contributed by atoms with van der Waals surface area (Å²) in [6, 6.07) is 14.8. The van der Waals surface area contributed by atoms with Crippen LogP contribution in [0.5, 0.6) is 17.2 Å². The van der Waals surface area contributed by atoms with Gasteiger partial charge in [0.25, 0.3) is 5.91 Å². The predicted molar refractivity (Wildman–Crippen MR) is 119 cm³/mol. The Labute approximate surface area is 180 Å². The van der Waals surface area contributed by atoms with Gasteiger partial charge in [0.15, 0.2) is 11.5 Å². The number of carbonyl (C=O) groups is 1. The fourth-order valence-electron chi connectivity index (χ4n) is 3.43. The van der Waals surface area contributed by atoms with Crippen molar-refractivity contribution in [2.24, 2.45) is 0 Å². The number of nitrogens with zero attached hydrogens (tertiary/aromatic N) is 2. The monoisotopic (exact) mass is 417 g/mol. The summed E-state index contributed by atoms with van der Waals surface area (Å²) in [4.78, 5) is 17.5. The lowest BCUT2D eigenvalue weighted by molar-refractivity contribution is 0.102. The molecule has 2 heterocycles. The van der Waals surface area contributed by atoms with E-state index in [4.69, 9.17) is 19.2 Å². The minimum atomic E-state index is -0.282. The fraction of sp³-hybridized carbons (Fsp3) is 0.167. The van der Waals surface area contributed by atoms with Crippen molar-refractivity contribution in [3.63, 3.8) is 0 Å². The van der Waals surface area contributed by atoms with Crippen LogP contribution in [0, 0.1) is 6.92 Å². The number of fused-ring (bicyclic) bond motifs is 1. The minimum Gasteiger partial charge on any atom is -0.493 e. The number of benzene rings is 2. The Morgan fingerprint density at radius 1 is 0.968 bits per heavy atom. The molecule has 0 saturated carbocycles. The molecule has 4 aromatic rings. The first-order valence-electron chi connectivity index (χ1n) is 9.70. The van der Waals surface area contributed by atoms with E-state index in [0.717, 1.165) is 22.5 Å². The second-order valence-electron chi connectivity index (χ2n) is 6.99. The SMILES string of the molecule is COc1cc(C(=O)Nc2ccc(-c3cn4cccc(C)c4n3)cc2)cc(OC)c1OC. The van der Waals surface area contributed by atoms with E-state index in [-0.39, 0.29) is 5.91 Å². The minimum absolute atomic E-state index is 0.282. The van der Waals surface area contributed by atoms with Gasteiger partial charge < -0.3 is 23.9 Å². The summed E-state index contributed by atoms with van der Waals surface area (Å²) in [6.07, 6.45) is 3.97. The number of aryl methyl sites for hydroxylation is 1. The first-order valence-corrected chi connectivity index (χ1v) is 9.70. The molecule has 0 atom stereocenters. The standard InChI is InChI=1S/C24H23N3O4/c1-15-6-5-11-27-14-19(26-23(15)27)16-7-9-18(10-8-16)25-24(28)17-12-20(29-2)22(31-4)21(13-17)30-3/h5-14H,1-4H3,(H,25,28). The van der Waals surface area contributed by atoms with Gasteiger partial charge in [-0.05, 0) is 42.8 Å². The summed E-state index contributed by atoms with van der Waals surface area (Å²) in [6.45, 7) is 2.04. The van der Waals surface area contributed by atoms with Crippen molar-refractivity contribution in [1.29, 1.82) is 0 Å². The van der Waals surface area contributed by atoms with Gasteiger partial charge in [0, 0.05) is 29.2 Å². The van der Waals surface area contributed by atoms with Gasteiger partial charge in [-0.1, -0.05) is 18.2 Å². The molecule has 1 N–H and O–H groups in total. The Morgan fingerprint density at radius 2 is 1.65 bits per heavy atom. The van der Waals surface area contributed by atoms with Crippen molar-refractivity contribution in [3.05, 3.63) is 72.1 Å². The summed E-state index contributed by atoms with van der Waals surface area (Å²) >= 11 is 0. The van der Waals surface area contributed by atoms with Crippen LogP contribution in [0.15, 0.2) is 60.9 Å². The Bertz CT molecular complexity index is 1220. The maximum absolute atomic E-state index is 12.8. The molecule has 0 aliphatic carbocycles. The average Bonchev–Trinajstić information content (AvgIpc) is 3.24. The van der Waals surface area contributed by atoms with Crippen LogP contribution in [0.3, 0.4) is 0 Å². The number of rotatable bonds is 6. The number of aromatic nitrogens is 2. The number of ether oxygens (including phenoxy) is 3. The van der Waals surface area contributed by atoms with Gasteiger partial charge in [0.1, 0.15) is 5.65 Å². The van der Waals surface area contributed by atoms with Crippen LogP contribution in [-0.2, 0) is 0 Å². The molecule has 1 amide bonds. The van der Waals surface area contributed by atoms with E-state index in [1.807, 2.05) is 60.1 Å². The maximum atomic E-state index is 12.8. The molecule has 0 radical (unpaired) electrons. The number of amides is 1. The number of carbonyl (C=O) groups excluding carboxylic acids is 1. The van der Waals surface area contributed by atoms with Gasteiger partial charge in [0.05, 0.1) is 27.0 Å². The van der Waals surface area contributed by atoms with Crippen LogP contribution in [0.2, 0.25) is 0 Å². The summed E-state index contributed by atoms with van der Waals surface area (Å²) in [5, 5.41) is 2.90. The van der Waals surface area contributed by atoms with Gasteiger partial charge in [-0.2, -0.15) is 0 Å². The zero-order chi connectivity index (χ0) is 22.0. The van der Waals surface area contributed by atoms with E-state index in [0.29, 0.717) is 28.5 Å². The third-order valence-electron chi connectivity index (χ3n) is 5.04. The smallest absolute Gasteiger partial charge is 0.255 e. The second kappa shape index (κ2) is 8.39. The molecular weight excluding hydrogens is 394 g/mol. The van der Waals surface area contributed by atoms with Gasteiger partial charge >= 0.3 is 0 Å². The summed E-state index contributed by atoms with van der Waals surface area (Å²) in [5.41, 5.74) is 4.95. The normalized spacial score (nSPS) is 10.7. The Kier molecular flexibility index (Phi) is 5.49. The number of anilines is 1. The van der Waals surface area contributed by atoms with E-state index in [2.05, 4.69) is 5.32 Å². The molecule has 0 unspecified atom stereocenters. The first-order chi connectivity index (χ1) is 15.0. The Balaban J connectivity index is 1.56. The van der Waals surface area contributed by atoms with Crippen LogP contribution in [0.25, 0.3) is 16.9 Å². The summed E-state index contributed by atoms with van der Waals surface area (Å²) in [7, 11) is 4.54. The largest absolute Gasteiger partial charge is 0.493 e. The Morgan fingerprint density at radius 3 is 2.23 bits per heavy atom. The van der Waals surface area contributed by atoms with Gasteiger partial charge in [-0.25, -0.2) is 4.98 Å². The van der Waals surface area contributed by atoms with Crippen molar-refractivity contribution in [2.45, 2.75) is 6.92 Å². The van der Waals surface area contributed by atoms with E-state index in [1.54, 1.807) is 12.1 Å². The van der Waals surface area contributed by atoms with E-state index < -0.39 is 0 Å². The number of pyridine rings is 1. The molecule has 2 aromatic heterocycles.